The standard InChI is InChI=1S/C30H31N3O3/c1-21-7-15-25(16-8-21)31-30(36)33-18-27-26(17-32(27)19-28(34)29(35)20-33)24-13-11-23(12-14-24)10-9-22-5-3-2-4-6-22/h2-8,11-16,26-29,34-35H,17-20H2,1H3,(H,31,36)/t26-,27+,28+,29-/m1/s1. The maximum absolute atomic E-state index is 13.1. The number of aliphatic hydroxyl groups is 2. The molecular weight excluding hydrogens is 450 g/mol. The minimum atomic E-state index is -0.990. The van der Waals surface area contributed by atoms with E-state index in [9.17, 15) is 15.0 Å². The van der Waals surface area contributed by atoms with Crippen molar-refractivity contribution in [3.8, 4) is 11.8 Å². The highest BCUT2D eigenvalue weighted by molar-refractivity contribution is 5.89. The molecule has 3 aromatic rings. The third kappa shape index (κ3) is 5.44. The third-order valence-electron chi connectivity index (χ3n) is 7.10. The maximum Gasteiger partial charge on any atom is 0.321 e. The van der Waals surface area contributed by atoms with E-state index >= 15 is 0 Å². The second-order valence-electron chi connectivity index (χ2n) is 9.70. The number of urea groups is 1. The Hall–Kier alpha value is -3.63. The van der Waals surface area contributed by atoms with Crippen LogP contribution in [0.1, 0.15) is 28.2 Å². The maximum atomic E-state index is 13.1. The van der Waals surface area contributed by atoms with Gasteiger partial charge in [0.2, 0.25) is 0 Å². The van der Waals surface area contributed by atoms with Crippen molar-refractivity contribution in [1.82, 2.24) is 9.80 Å². The molecule has 2 aliphatic heterocycles. The van der Waals surface area contributed by atoms with Gasteiger partial charge in [0.05, 0.1) is 18.8 Å². The van der Waals surface area contributed by atoms with Crippen LogP contribution in [0.5, 0.6) is 0 Å². The highest BCUT2D eigenvalue weighted by atomic mass is 16.3. The second-order valence-corrected chi connectivity index (χ2v) is 9.70. The van der Waals surface area contributed by atoms with Crippen LogP contribution in [0, 0.1) is 18.8 Å². The fourth-order valence-electron chi connectivity index (χ4n) is 4.90. The summed E-state index contributed by atoms with van der Waals surface area (Å²) in [6, 6.07) is 25.6. The Bertz CT molecular complexity index is 1250. The number of β-amino-alcohol motifs (C(OH)–C–C–N with tert-alkyl or cyclic N) is 1. The molecule has 0 saturated carbocycles. The molecule has 2 fully saturated rings. The third-order valence-corrected chi connectivity index (χ3v) is 7.10. The Morgan fingerprint density at radius 3 is 2.14 bits per heavy atom. The zero-order valence-corrected chi connectivity index (χ0v) is 20.3. The van der Waals surface area contributed by atoms with Crippen LogP contribution in [0.15, 0.2) is 78.9 Å². The van der Waals surface area contributed by atoms with Crippen LogP contribution < -0.4 is 5.32 Å². The molecule has 4 atom stereocenters. The monoisotopic (exact) mass is 481 g/mol. The number of rotatable bonds is 2. The largest absolute Gasteiger partial charge is 0.389 e. The van der Waals surface area contributed by atoms with Gasteiger partial charge in [-0.3, -0.25) is 4.90 Å². The number of aliphatic hydroxyl groups excluding tert-OH is 2. The normalized spacial score (nSPS) is 23.8. The summed E-state index contributed by atoms with van der Waals surface area (Å²) in [6.07, 6.45) is -1.89. The van der Waals surface area contributed by atoms with Crippen LogP contribution >= 0.6 is 0 Å². The van der Waals surface area contributed by atoms with Gasteiger partial charge in [-0.15, -0.1) is 0 Å². The number of hydrogen-bond donors (Lipinski definition) is 3. The fourth-order valence-corrected chi connectivity index (χ4v) is 4.90. The Morgan fingerprint density at radius 2 is 1.44 bits per heavy atom. The molecule has 3 N–H and O–H groups in total. The molecule has 0 radical (unpaired) electrons. The quantitative estimate of drug-likeness (QED) is 0.491. The van der Waals surface area contributed by atoms with Gasteiger partial charge in [0.15, 0.2) is 0 Å². The van der Waals surface area contributed by atoms with E-state index in [-0.39, 0.29) is 24.5 Å². The summed E-state index contributed by atoms with van der Waals surface area (Å²) >= 11 is 0. The number of nitrogens with zero attached hydrogens (tertiary/aromatic N) is 2. The lowest BCUT2D eigenvalue weighted by molar-refractivity contribution is -0.0720. The first-order valence-electron chi connectivity index (χ1n) is 12.4. The molecular formula is C30H31N3O3. The van der Waals surface area contributed by atoms with Gasteiger partial charge in [0.1, 0.15) is 0 Å². The summed E-state index contributed by atoms with van der Waals surface area (Å²) < 4.78 is 0. The van der Waals surface area contributed by atoms with Crippen LogP contribution in [0.3, 0.4) is 0 Å². The van der Waals surface area contributed by atoms with E-state index in [0.29, 0.717) is 18.8 Å². The summed E-state index contributed by atoms with van der Waals surface area (Å²) in [4.78, 5) is 16.9. The molecule has 184 valence electrons. The Kier molecular flexibility index (Phi) is 7.06. The van der Waals surface area contributed by atoms with Crippen molar-refractivity contribution in [1.29, 1.82) is 0 Å². The van der Waals surface area contributed by atoms with Crippen molar-refractivity contribution in [2.75, 3.05) is 31.5 Å². The Morgan fingerprint density at radius 1 is 0.806 bits per heavy atom. The molecule has 2 heterocycles. The minimum Gasteiger partial charge on any atom is -0.389 e. The van der Waals surface area contributed by atoms with Gasteiger partial charge < -0.3 is 20.4 Å². The highest BCUT2D eigenvalue weighted by Gasteiger charge is 2.44. The van der Waals surface area contributed by atoms with E-state index in [0.717, 1.165) is 23.2 Å². The number of nitrogens with one attached hydrogen (secondary N) is 1. The summed E-state index contributed by atoms with van der Waals surface area (Å²) in [5.41, 5.74) is 4.94. The van der Waals surface area contributed by atoms with Gasteiger partial charge >= 0.3 is 6.03 Å². The van der Waals surface area contributed by atoms with Gasteiger partial charge in [-0.25, -0.2) is 4.79 Å². The summed E-state index contributed by atoms with van der Waals surface area (Å²) in [5.74, 6) is 6.64. The van der Waals surface area contributed by atoms with Gasteiger partial charge in [-0.2, -0.15) is 0 Å². The van der Waals surface area contributed by atoms with E-state index in [1.165, 1.54) is 5.56 Å². The number of carbonyl (C=O) groups is 1. The lowest BCUT2D eigenvalue weighted by Gasteiger charge is -2.52. The highest BCUT2D eigenvalue weighted by Crippen LogP contribution is 2.36. The average Bonchev–Trinajstić information content (AvgIpc) is 2.89. The van der Waals surface area contributed by atoms with Gasteiger partial charge in [0, 0.05) is 48.4 Å². The zero-order valence-electron chi connectivity index (χ0n) is 20.3. The van der Waals surface area contributed by atoms with Gasteiger partial charge in [-0.1, -0.05) is 59.9 Å². The molecule has 3 aromatic carbocycles. The fraction of sp³-hybridized carbons (Fsp3) is 0.300. The lowest BCUT2D eigenvalue weighted by atomic mass is 9.81. The lowest BCUT2D eigenvalue weighted by Crippen LogP contribution is -2.65. The molecule has 2 aliphatic rings. The molecule has 5 rings (SSSR count). The van der Waals surface area contributed by atoms with Crippen LogP contribution in [0.4, 0.5) is 10.5 Å². The molecule has 6 heteroatoms. The van der Waals surface area contributed by atoms with Gasteiger partial charge in [-0.05, 0) is 48.9 Å². The van der Waals surface area contributed by atoms with Crippen molar-refractivity contribution < 1.29 is 15.0 Å². The predicted molar refractivity (Wildman–Crippen MR) is 141 cm³/mol. The first kappa shape index (κ1) is 24.1. The number of amides is 2. The first-order chi connectivity index (χ1) is 17.5. The van der Waals surface area contributed by atoms with Crippen LogP contribution in [-0.4, -0.2) is 70.5 Å². The Balaban J connectivity index is 1.30. The molecule has 0 spiro atoms. The summed E-state index contributed by atoms with van der Waals surface area (Å²) in [5, 5.41) is 23.9. The van der Waals surface area contributed by atoms with E-state index < -0.39 is 12.2 Å². The number of fused-ring (bicyclic) bond motifs is 1. The van der Waals surface area contributed by atoms with Crippen molar-refractivity contribution in [2.24, 2.45) is 0 Å². The first-order valence-corrected chi connectivity index (χ1v) is 12.4. The smallest absolute Gasteiger partial charge is 0.321 e. The van der Waals surface area contributed by atoms with Crippen LogP contribution in [0.25, 0.3) is 0 Å². The molecule has 0 bridgehead atoms. The topological polar surface area (TPSA) is 76.0 Å². The van der Waals surface area contributed by atoms with E-state index in [1.807, 2.05) is 73.7 Å². The van der Waals surface area contributed by atoms with E-state index in [4.69, 9.17) is 0 Å². The number of carbonyl (C=O) groups excluding carboxylic acids is 1. The van der Waals surface area contributed by atoms with Crippen LogP contribution in [0.2, 0.25) is 0 Å². The number of aryl methyl sites for hydroxylation is 1. The summed E-state index contributed by atoms with van der Waals surface area (Å²) in [6.45, 7) is 3.73. The molecule has 2 amide bonds. The number of benzene rings is 3. The molecule has 0 aliphatic carbocycles. The predicted octanol–water partition coefficient (Wildman–Crippen LogP) is 3.43. The Labute approximate surface area is 212 Å². The van der Waals surface area contributed by atoms with E-state index in [1.54, 1.807) is 4.90 Å². The second kappa shape index (κ2) is 10.5. The van der Waals surface area contributed by atoms with Crippen LogP contribution in [-0.2, 0) is 0 Å². The van der Waals surface area contributed by atoms with Crippen molar-refractivity contribution in [3.05, 3.63) is 101 Å². The SMILES string of the molecule is Cc1ccc(NC(=O)N2C[C@@H](O)[C@@H](O)CN3C[C@H](c4ccc(C#Cc5ccccc5)cc4)[C@@H]3C2)cc1. The number of anilines is 1. The summed E-state index contributed by atoms with van der Waals surface area (Å²) in [7, 11) is 0. The van der Waals surface area contributed by atoms with Crippen molar-refractivity contribution in [3.63, 3.8) is 0 Å². The number of hydrogen-bond acceptors (Lipinski definition) is 4. The minimum absolute atomic E-state index is 0.0668. The van der Waals surface area contributed by atoms with Gasteiger partial charge in [0.25, 0.3) is 0 Å². The van der Waals surface area contributed by atoms with Crippen molar-refractivity contribution >= 4 is 11.7 Å². The molecule has 0 aromatic heterocycles. The molecule has 36 heavy (non-hydrogen) atoms. The average molecular weight is 482 g/mol. The molecule has 6 nitrogen and oxygen atoms in total. The molecule has 2 saturated heterocycles. The van der Waals surface area contributed by atoms with E-state index in [2.05, 4.69) is 34.2 Å². The molecule has 0 unspecified atom stereocenters. The van der Waals surface area contributed by atoms with Crippen molar-refractivity contribution in [2.45, 2.75) is 31.1 Å². The zero-order chi connectivity index (χ0) is 25.1.